The normalized spacial score (nSPS) is 19.6. The van der Waals surface area contributed by atoms with Crippen LogP contribution in [0.25, 0.3) is 0 Å². The van der Waals surface area contributed by atoms with Crippen LogP contribution in [0.3, 0.4) is 0 Å². The topological polar surface area (TPSA) is 48.9 Å². The molecule has 1 unspecified atom stereocenters. The monoisotopic (exact) mass is 438 g/mol. The number of ether oxygens (including phenoxy) is 1. The zero-order valence-corrected chi connectivity index (χ0v) is 19.2. The van der Waals surface area contributed by atoms with Crippen LogP contribution in [0.4, 0.5) is 10.1 Å². The van der Waals surface area contributed by atoms with E-state index in [1.165, 1.54) is 30.2 Å². The average Bonchev–Trinajstić information content (AvgIpc) is 3.37. The summed E-state index contributed by atoms with van der Waals surface area (Å²) in [4.78, 5) is 6.91. The largest absolute Gasteiger partial charge is 0.381 e. The number of rotatable bonds is 6. The Balaban J connectivity index is 1.43. The fourth-order valence-corrected chi connectivity index (χ4v) is 4.85. The lowest BCUT2D eigenvalue weighted by Gasteiger charge is -2.38. The summed E-state index contributed by atoms with van der Waals surface area (Å²) in [5, 5.41) is 7.05. The second-order valence-corrected chi connectivity index (χ2v) is 8.98. The smallest absolute Gasteiger partial charge is 0.191 e. The zero-order valence-electron chi connectivity index (χ0n) is 19.2. The Hall–Kier alpha value is -2.60. The van der Waals surface area contributed by atoms with Crippen molar-refractivity contribution in [1.29, 1.82) is 0 Å². The molecule has 172 valence electrons. The van der Waals surface area contributed by atoms with Crippen molar-refractivity contribution in [1.82, 2.24) is 10.6 Å². The Bertz CT molecular complexity index is 920. The minimum Gasteiger partial charge on any atom is -0.381 e. The molecule has 2 saturated heterocycles. The highest BCUT2D eigenvalue weighted by Crippen LogP contribution is 2.34. The molecule has 2 fully saturated rings. The quantitative estimate of drug-likeness (QED) is 0.518. The number of halogens is 1. The molecular formula is C26H35FN4O. The van der Waals surface area contributed by atoms with Crippen LogP contribution < -0.4 is 15.5 Å². The lowest BCUT2D eigenvalue weighted by Crippen LogP contribution is -2.48. The molecule has 0 bridgehead atoms. The number of anilines is 1. The van der Waals surface area contributed by atoms with Gasteiger partial charge in [0.2, 0.25) is 0 Å². The summed E-state index contributed by atoms with van der Waals surface area (Å²) in [7, 11) is 1.79. The minimum atomic E-state index is -0.192. The number of hydrogen-bond donors (Lipinski definition) is 2. The summed E-state index contributed by atoms with van der Waals surface area (Å²) in [5.41, 5.74) is 3.39. The van der Waals surface area contributed by atoms with Crippen molar-refractivity contribution < 1.29 is 9.13 Å². The summed E-state index contributed by atoms with van der Waals surface area (Å²) in [6, 6.07) is 15.9. The first-order valence-corrected chi connectivity index (χ1v) is 11.8. The molecular weight excluding hydrogens is 403 g/mol. The van der Waals surface area contributed by atoms with Crippen molar-refractivity contribution in [3.8, 4) is 0 Å². The molecule has 2 aromatic rings. The van der Waals surface area contributed by atoms with Gasteiger partial charge in [0.1, 0.15) is 5.82 Å². The van der Waals surface area contributed by atoms with Crippen LogP contribution in [-0.4, -0.2) is 45.9 Å². The summed E-state index contributed by atoms with van der Waals surface area (Å²) < 4.78 is 19.6. The molecule has 2 N–H and O–H groups in total. The Kier molecular flexibility index (Phi) is 7.30. The first-order chi connectivity index (χ1) is 15.6. The van der Waals surface area contributed by atoms with E-state index in [9.17, 15) is 4.39 Å². The van der Waals surface area contributed by atoms with Gasteiger partial charge in [-0.15, -0.1) is 0 Å². The van der Waals surface area contributed by atoms with Gasteiger partial charge >= 0.3 is 0 Å². The molecule has 0 spiro atoms. The number of benzene rings is 2. The van der Waals surface area contributed by atoms with Gasteiger partial charge in [-0.05, 0) is 68.0 Å². The highest BCUT2D eigenvalue weighted by molar-refractivity contribution is 5.80. The molecule has 0 radical (unpaired) electrons. The number of hydrogen-bond acceptors (Lipinski definition) is 3. The van der Waals surface area contributed by atoms with Gasteiger partial charge in [-0.1, -0.05) is 24.3 Å². The molecule has 1 atom stereocenters. The van der Waals surface area contributed by atoms with Crippen LogP contribution in [0.5, 0.6) is 0 Å². The first-order valence-electron chi connectivity index (χ1n) is 11.8. The molecule has 0 aliphatic carbocycles. The maximum Gasteiger partial charge on any atom is 0.191 e. The van der Waals surface area contributed by atoms with E-state index in [0.29, 0.717) is 19.8 Å². The van der Waals surface area contributed by atoms with E-state index in [4.69, 9.17) is 4.74 Å². The summed E-state index contributed by atoms with van der Waals surface area (Å²) in [6.45, 7) is 6.49. The van der Waals surface area contributed by atoms with Crippen molar-refractivity contribution in [2.75, 3.05) is 44.8 Å². The van der Waals surface area contributed by atoms with Crippen LogP contribution in [0.2, 0.25) is 0 Å². The van der Waals surface area contributed by atoms with E-state index < -0.39 is 0 Å². The van der Waals surface area contributed by atoms with E-state index in [1.807, 2.05) is 6.07 Å². The van der Waals surface area contributed by atoms with Gasteiger partial charge in [-0.25, -0.2) is 4.39 Å². The van der Waals surface area contributed by atoms with Gasteiger partial charge in [0, 0.05) is 51.0 Å². The Morgan fingerprint density at radius 2 is 1.88 bits per heavy atom. The van der Waals surface area contributed by atoms with Crippen LogP contribution >= 0.6 is 0 Å². The Morgan fingerprint density at radius 1 is 1.12 bits per heavy atom. The molecule has 6 heteroatoms. The van der Waals surface area contributed by atoms with Crippen molar-refractivity contribution in [3.63, 3.8) is 0 Å². The van der Waals surface area contributed by atoms with E-state index in [0.717, 1.165) is 37.5 Å². The van der Waals surface area contributed by atoms with E-state index >= 15 is 0 Å². The Morgan fingerprint density at radius 3 is 2.59 bits per heavy atom. The number of nitrogens with zero attached hydrogens (tertiary/aromatic N) is 2. The van der Waals surface area contributed by atoms with Crippen molar-refractivity contribution in [3.05, 3.63) is 65.5 Å². The van der Waals surface area contributed by atoms with Gasteiger partial charge in [-0.2, -0.15) is 0 Å². The van der Waals surface area contributed by atoms with Crippen molar-refractivity contribution >= 4 is 11.6 Å². The summed E-state index contributed by atoms with van der Waals surface area (Å²) in [6.07, 6.45) is 4.25. The summed E-state index contributed by atoms with van der Waals surface area (Å²) in [5.74, 6) is 0.564. The molecule has 0 amide bonds. The van der Waals surface area contributed by atoms with E-state index in [1.54, 1.807) is 19.2 Å². The zero-order chi connectivity index (χ0) is 22.4. The predicted octanol–water partition coefficient (Wildman–Crippen LogP) is 4.40. The second-order valence-electron chi connectivity index (χ2n) is 8.98. The standard InChI is InChI=1S/C26H35FN4O/c1-20(21-7-5-10-24(17-21)31-13-3-4-14-31)30-25(28-2)29-19-26(11-15-32-16-12-26)22-8-6-9-23(27)18-22/h5-10,17-18,20H,3-4,11-16,19H2,1-2H3,(H2,28,29,30). The Labute approximate surface area is 191 Å². The summed E-state index contributed by atoms with van der Waals surface area (Å²) >= 11 is 0. The molecule has 2 aliphatic heterocycles. The average molecular weight is 439 g/mol. The molecule has 5 nitrogen and oxygen atoms in total. The molecule has 2 heterocycles. The van der Waals surface area contributed by atoms with Crippen molar-refractivity contribution in [2.24, 2.45) is 4.99 Å². The predicted molar refractivity (Wildman–Crippen MR) is 129 cm³/mol. The third-order valence-electron chi connectivity index (χ3n) is 6.90. The number of nitrogens with one attached hydrogen (secondary N) is 2. The van der Waals surface area contributed by atoms with E-state index in [-0.39, 0.29) is 17.3 Å². The number of aliphatic imine (C=N–C) groups is 1. The van der Waals surface area contributed by atoms with Crippen LogP contribution in [0, 0.1) is 5.82 Å². The molecule has 2 aromatic carbocycles. The van der Waals surface area contributed by atoms with Gasteiger partial charge < -0.3 is 20.3 Å². The maximum atomic E-state index is 14.0. The van der Waals surface area contributed by atoms with Gasteiger partial charge in [0.25, 0.3) is 0 Å². The molecule has 0 saturated carbocycles. The highest BCUT2D eigenvalue weighted by Gasteiger charge is 2.35. The third kappa shape index (κ3) is 5.23. The minimum absolute atomic E-state index is 0.114. The highest BCUT2D eigenvalue weighted by atomic mass is 19.1. The lowest BCUT2D eigenvalue weighted by molar-refractivity contribution is 0.0512. The first kappa shape index (κ1) is 22.6. The van der Waals surface area contributed by atoms with Gasteiger partial charge in [0.15, 0.2) is 5.96 Å². The fraction of sp³-hybridized carbons (Fsp3) is 0.500. The van der Waals surface area contributed by atoms with Crippen molar-refractivity contribution in [2.45, 2.75) is 44.1 Å². The third-order valence-corrected chi connectivity index (χ3v) is 6.90. The molecule has 32 heavy (non-hydrogen) atoms. The van der Waals surface area contributed by atoms with Crippen LogP contribution in [0.15, 0.2) is 53.5 Å². The maximum absolute atomic E-state index is 14.0. The lowest BCUT2D eigenvalue weighted by atomic mass is 9.74. The van der Waals surface area contributed by atoms with Crippen LogP contribution in [0.1, 0.15) is 49.8 Å². The van der Waals surface area contributed by atoms with E-state index in [2.05, 4.69) is 51.7 Å². The SMILES string of the molecule is CN=C(NCC1(c2cccc(F)c2)CCOCC1)NC(C)c1cccc(N2CCCC2)c1. The second kappa shape index (κ2) is 10.3. The fourth-order valence-electron chi connectivity index (χ4n) is 4.85. The van der Waals surface area contributed by atoms with Gasteiger partial charge in [-0.3, -0.25) is 4.99 Å². The van der Waals surface area contributed by atoms with Crippen LogP contribution in [-0.2, 0) is 10.2 Å². The van der Waals surface area contributed by atoms with Gasteiger partial charge in [0.05, 0.1) is 6.04 Å². The molecule has 2 aliphatic rings. The number of guanidine groups is 1. The molecule has 4 rings (SSSR count). The molecule has 0 aromatic heterocycles.